The molecule has 0 radical (unpaired) electrons. The lowest BCUT2D eigenvalue weighted by Gasteiger charge is -2.34. The molecule has 5 heteroatoms. The van der Waals surface area contributed by atoms with Crippen LogP contribution in [-0.4, -0.2) is 29.1 Å². The highest BCUT2D eigenvalue weighted by molar-refractivity contribution is 7.20. The summed E-state index contributed by atoms with van der Waals surface area (Å²) < 4.78 is 0. The predicted molar refractivity (Wildman–Crippen MR) is 105 cm³/mol. The summed E-state index contributed by atoms with van der Waals surface area (Å²) in [5, 5.41) is 11.5. The molecule has 4 nitrogen and oxygen atoms in total. The third kappa shape index (κ3) is 4.79. The Balaban J connectivity index is 0.000000701. The van der Waals surface area contributed by atoms with Crippen LogP contribution < -0.4 is 5.32 Å². The second-order valence-electron chi connectivity index (χ2n) is 7.58. The standard InChI is InChI=1S/C18H24N2OS.C2H6O/c1-5-19-16(21)15-10-12-8-11-9-13(18(2,3)4)6-7-14(11)20-17(12)22-15;1-2-3/h8,10,13H,5-7,9H2,1-4H3,(H,19,21);3H,2H2,1H3. The molecule has 1 aliphatic rings. The maximum absolute atomic E-state index is 12.0. The number of pyridine rings is 1. The zero-order chi connectivity index (χ0) is 18.6. The molecule has 1 amide bonds. The number of aromatic nitrogens is 1. The van der Waals surface area contributed by atoms with E-state index < -0.39 is 0 Å². The molecule has 0 aromatic carbocycles. The van der Waals surface area contributed by atoms with Crippen LogP contribution in [0.15, 0.2) is 12.1 Å². The van der Waals surface area contributed by atoms with E-state index in [2.05, 4.69) is 32.2 Å². The van der Waals surface area contributed by atoms with Crippen molar-refractivity contribution in [3.05, 3.63) is 28.3 Å². The molecule has 1 atom stereocenters. The van der Waals surface area contributed by atoms with E-state index in [1.807, 2.05) is 13.0 Å². The van der Waals surface area contributed by atoms with Gasteiger partial charge in [-0.05, 0) is 62.1 Å². The number of rotatable bonds is 2. The first-order valence-corrected chi connectivity index (χ1v) is 9.93. The Kier molecular flexibility index (Phi) is 6.58. The van der Waals surface area contributed by atoms with Crippen LogP contribution in [0, 0.1) is 11.3 Å². The number of aliphatic hydroxyl groups excluding tert-OH is 1. The highest BCUT2D eigenvalue weighted by Crippen LogP contribution is 2.38. The summed E-state index contributed by atoms with van der Waals surface area (Å²) in [5.74, 6) is 0.719. The molecule has 1 unspecified atom stereocenters. The normalized spacial score (nSPS) is 16.8. The first-order chi connectivity index (χ1) is 11.8. The number of aliphatic hydroxyl groups is 1. The van der Waals surface area contributed by atoms with Gasteiger partial charge in [-0.15, -0.1) is 11.3 Å². The number of hydrogen-bond donors (Lipinski definition) is 2. The van der Waals surface area contributed by atoms with Crippen LogP contribution in [0.4, 0.5) is 0 Å². The largest absolute Gasteiger partial charge is 0.397 e. The van der Waals surface area contributed by atoms with E-state index in [1.165, 1.54) is 29.0 Å². The highest BCUT2D eigenvalue weighted by Gasteiger charge is 2.29. The van der Waals surface area contributed by atoms with Gasteiger partial charge in [-0.1, -0.05) is 20.8 Å². The van der Waals surface area contributed by atoms with E-state index in [0.29, 0.717) is 17.9 Å². The molecule has 138 valence electrons. The molecule has 0 saturated heterocycles. The van der Waals surface area contributed by atoms with Crippen molar-refractivity contribution in [2.24, 2.45) is 11.3 Å². The fourth-order valence-electron chi connectivity index (χ4n) is 3.22. The van der Waals surface area contributed by atoms with Crippen molar-refractivity contribution in [3.63, 3.8) is 0 Å². The summed E-state index contributed by atoms with van der Waals surface area (Å²) in [6, 6.07) is 4.24. The second-order valence-corrected chi connectivity index (χ2v) is 8.61. The summed E-state index contributed by atoms with van der Waals surface area (Å²) in [6.07, 6.45) is 3.37. The first kappa shape index (κ1) is 19.9. The van der Waals surface area contributed by atoms with Gasteiger partial charge in [-0.2, -0.15) is 0 Å². The zero-order valence-electron chi connectivity index (χ0n) is 16.0. The molecule has 25 heavy (non-hydrogen) atoms. The number of aryl methyl sites for hydroxylation is 1. The van der Waals surface area contributed by atoms with E-state index in [9.17, 15) is 4.79 Å². The third-order valence-electron chi connectivity index (χ3n) is 4.66. The van der Waals surface area contributed by atoms with Crippen LogP contribution in [0.5, 0.6) is 0 Å². The van der Waals surface area contributed by atoms with Gasteiger partial charge < -0.3 is 10.4 Å². The summed E-state index contributed by atoms with van der Waals surface area (Å²) >= 11 is 1.50. The van der Waals surface area contributed by atoms with Gasteiger partial charge in [-0.3, -0.25) is 4.79 Å². The fourth-order valence-corrected chi connectivity index (χ4v) is 4.17. The highest BCUT2D eigenvalue weighted by atomic mass is 32.1. The lowest BCUT2D eigenvalue weighted by molar-refractivity contribution is 0.0960. The number of fused-ring (bicyclic) bond motifs is 2. The maximum atomic E-state index is 12.0. The Morgan fingerprint density at radius 1 is 1.36 bits per heavy atom. The van der Waals surface area contributed by atoms with E-state index in [-0.39, 0.29) is 12.5 Å². The molecule has 0 saturated carbocycles. The minimum absolute atomic E-state index is 0.0102. The van der Waals surface area contributed by atoms with E-state index in [1.54, 1.807) is 6.92 Å². The lowest BCUT2D eigenvalue weighted by atomic mass is 9.71. The second kappa shape index (κ2) is 8.28. The number of hydrogen-bond acceptors (Lipinski definition) is 4. The molecular weight excluding hydrogens is 332 g/mol. The van der Waals surface area contributed by atoms with Crippen LogP contribution in [0.1, 0.15) is 62.0 Å². The summed E-state index contributed by atoms with van der Waals surface area (Å²) in [7, 11) is 0. The minimum atomic E-state index is 0.0102. The molecule has 0 spiro atoms. The van der Waals surface area contributed by atoms with Crippen LogP contribution in [-0.2, 0) is 12.8 Å². The Hall–Kier alpha value is -1.46. The average Bonchev–Trinajstić information content (AvgIpc) is 2.95. The van der Waals surface area contributed by atoms with Crippen molar-refractivity contribution in [1.29, 1.82) is 0 Å². The number of nitrogens with one attached hydrogen (secondary N) is 1. The van der Waals surface area contributed by atoms with Crippen LogP contribution in [0.2, 0.25) is 0 Å². The maximum Gasteiger partial charge on any atom is 0.261 e. The third-order valence-corrected chi connectivity index (χ3v) is 5.70. The molecule has 0 aliphatic heterocycles. The molecular formula is C20H30N2O2S. The molecule has 3 rings (SSSR count). The Labute approximate surface area is 154 Å². The summed E-state index contributed by atoms with van der Waals surface area (Å²) in [5.41, 5.74) is 2.95. The number of carbonyl (C=O) groups excluding carboxylic acids is 1. The monoisotopic (exact) mass is 362 g/mol. The lowest BCUT2D eigenvalue weighted by Crippen LogP contribution is -2.27. The van der Waals surface area contributed by atoms with Crippen molar-refractivity contribution >= 4 is 27.5 Å². The predicted octanol–water partition coefficient (Wildman–Crippen LogP) is 4.20. The Morgan fingerprint density at radius 2 is 2.04 bits per heavy atom. The van der Waals surface area contributed by atoms with Crippen LogP contribution in [0.25, 0.3) is 10.2 Å². The van der Waals surface area contributed by atoms with Crippen molar-refractivity contribution in [1.82, 2.24) is 10.3 Å². The van der Waals surface area contributed by atoms with Gasteiger partial charge in [-0.25, -0.2) is 4.98 Å². The molecule has 1 aliphatic carbocycles. The molecule has 2 aromatic heterocycles. The summed E-state index contributed by atoms with van der Waals surface area (Å²) in [6.45, 7) is 11.5. The zero-order valence-corrected chi connectivity index (χ0v) is 16.8. The number of thiophene rings is 1. The van der Waals surface area contributed by atoms with Gasteiger partial charge >= 0.3 is 0 Å². The van der Waals surface area contributed by atoms with Gasteiger partial charge in [0, 0.05) is 24.2 Å². The molecule has 2 N–H and O–H groups in total. The fraction of sp³-hybridized carbons (Fsp3) is 0.600. The van der Waals surface area contributed by atoms with Crippen molar-refractivity contribution in [2.75, 3.05) is 13.2 Å². The van der Waals surface area contributed by atoms with Crippen LogP contribution in [0.3, 0.4) is 0 Å². The quantitative estimate of drug-likeness (QED) is 0.842. The van der Waals surface area contributed by atoms with E-state index in [4.69, 9.17) is 10.1 Å². The van der Waals surface area contributed by atoms with E-state index >= 15 is 0 Å². The minimum Gasteiger partial charge on any atom is -0.397 e. The number of amides is 1. The van der Waals surface area contributed by atoms with Gasteiger partial charge in [0.2, 0.25) is 0 Å². The number of nitrogens with zero attached hydrogens (tertiary/aromatic N) is 1. The molecule has 0 fully saturated rings. The summed E-state index contributed by atoms with van der Waals surface area (Å²) in [4.78, 5) is 18.6. The smallest absolute Gasteiger partial charge is 0.261 e. The Bertz CT molecular complexity index is 731. The molecule has 2 aromatic rings. The Morgan fingerprint density at radius 3 is 2.64 bits per heavy atom. The van der Waals surface area contributed by atoms with E-state index in [0.717, 1.165) is 27.9 Å². The van der Waals surface area contributed by atoms with Crippen molar-refractivity contribution < 1.29 is 9.90 Å². The van der Waals surface area contributed by atoms with Gasteiger partial charge in [0.05, 0.1) is 4.88 Å². The van der Waals surface area contributed by atoms with Crippen LogP contribution >= 0.6 is 11.3 Å². The van der Waals surface area contributed by atoms with Gasteiger partial charge in [0.1, 0.15) is 4.83 Å². The van der Waals surface area contributed by atoms with Crippen molar-refractivity contribution in [2.45, 2.75) is 53.9 Å². The van der Waals surface area contributed by atoms with Crippen molar-refractivity contribution in [3.8, 4) is 0 Å². The van der Waals surface area contributed by atoms with Gasteiger partial charge in [0.25, 0.3) is 5.91 Å². The SMILES string of the molecule is CCNC(=O)c1cc2cc3c(nc2s1)CCC(C(C)(C)C)C3.CCO. The van der Waals surface area contributed by atoms with Gasteiger partial charge in [0.15, 0.2) is 0 Å². The molecule has 0 bridgehead atoms. The topological polar surface area (TPSA) is 62.2 Å². The average molecular weight is 363 g/mol. The number of carbonyl (C=O) groups is 1. The molecule has 2 heterocycles. The first-order valence-electron chi connectivity index (χ1n) is 9.11.